The minimum absolute atomic E-state index is 0. The van der Waals surface area contributed by atoms with Crippen molar-refractivity contribution in [2.24, 2.45) is 0 Å². The molecule has 0 bridgehead atoms. The van der Waals surface area contributed by atoms with E-state index in [1.54, 1.807) is 0 Å². The molecule has 1 atom stereocenters. The second kappa shape index (κ2) is 8.77. The van der Waals surface area contributed by atoms with Gasteiger partial charge in [0.2, 0.25) is 0 Å². The lowest BCUT2D eigenvalue weighted by molar-refractivity contribution is 1.72. The van der Waals surface area contributed by atoms with Crippen LogP contribution in [0.25, 0.3) is 0 Å². The second-order valence-corrected chi connectivity index (χ2v) is 8.57. The van der Waals surface area contributed by atoms with Crippen LogP contribution in [0.2, 0.25) is 0 Å². The monoisotopic (exact) mass is 439 g/mol. The minimum atomic E-state index is -1.53. The summed E-state index contributed by atoms with van der Waals surface area (Å²) >= 11 is 0. The molecule has 0 fully saturated rings. The number of hydrogen-bond donors (Lipinski definition) is 0. The molecule has 3 rings (SSSR count). The van der Waals surface area contributed by atoms with Gasteiger partial charge >= 0.3 is 0 Å². The molecule has 0 aliphatic rings. The largest absolute Gasteiger partial charge is 0.153 e. The second-order valence-electron chi connectivity index (χ2n) is 5.01. The van der Waals surface area contributed by atoms with Crippen molar-refractivity contribution in [3.63, 3.8) is 0 Å². The van der Waals surface area contributed by atoms with E-state index in [2.05, 4.69) is 97.7 Å². The van der Waals surface area contributed by atoms with Crippen LogP contribution in [0.1, 0.15) is 0 Å². The molecule has 0 N–H and O–H groups in total. The minimum Gasteiger partial charge on any atom is -0.153 e. The van der Waals surface area contributed by atoms with E-state index in [-0.39, 0.29) is 33.9 Å². The lowest BCUT2D eigenvalue weighted by atomic mass is 10.4. The first kappa shape index (κ1) is 19.3. The fourth-order valence-electron chi connectivity index (χ4n) is 2.63. The van der Waals surface area contributed by atoms with Gasteiger partial charge in [0.15, 0.2) is 0 Å². The van der Waals surface area contributed by atoms with Crippen molar-refractivity contribution in [1.82, 2.24) is 0 Å². The van der Waals surface area contributed by atoms with Crippen molar-refractivity contribution < 1.29 is 0 Å². The number of benzene rings is 3. The Morgan fingerprint density at radius 2 is 0.727 bits per heavy atom. The molecule has 0 saturated heterocycles. The predicted octanol–water partition coefficient (Wildman–Crippen LogP) is 4.29. The third kappa shape index (κ3) is 3.77. The molecule has 0 saturated carbocycles. The quantitative estimate of drug-likeness (QED) is 0.422. The summed E-state index contributed by atoms with van der Waals surface area (Å²) in [5, 5.41) is 4.28. The lowest BCUT2D eigenvalue weighted by Crippen LogP contribution is -2.30. The molecule has 0 spiro atoms. The van der Waals surface area contributed by atoms with Gasteiger partial charge in [-0.05, 0) is 36.4 Å². The highest BCUT2D eigenvalue weighted by Crippen LogP contribution is 2.51. The smallest absolute Gasteiger partial charge is 0.109 e. The van der Waals surface area contributed by atoms with Crippen LogP contribution in [-0.4, -0.2) is 6.66 Å². The van der Waals surface area contributed by atoms with Crippen molar-refractivity contribution >= 4 is 57.1 Å². The van der Waals surface area contributed by atoms with Crippen molar-refractivity contribution in [2.45, 2.75) is 0 Å². The molecule has 0 nitrogen and oxygen atoms in total. The molecule has 3 aromatic rings. The Labute approximate surface area is 154 Å². The summed E-state index contributed by atoms with van der Waals surface area (Å²) in [4.78, 5) is 0. The van der Waals surface area contributed by atoms with Gasteiger partial charge in [-0.3, -0.25) is 0 Å². The molecule has 0 radical (unpaired) electrons. The third-order valence-electron chi connectivity index (χ3n) is 3.82. The van der Waals surface area contributed by atoms with Crippen molar-refractivity contribution in [2.75, 3.05) is 6.66 Å². The lowest BCUT2D eigenvalue weighted by Gasteiger charge is -2.22. The van der Waals surface area contributed by atoms with Crippen LogP contribution in [0.15, 0.2) is 91.0 Å². The Kier molecular flexibility index (Phi) is 7.69. The number of rotatable bonds is 3. The van der Waals surface area contributed by atoms with E-state index in [0.29, 0.717) is 0 Å². The predicted molar refractivity (Wildman–Crippen MR) is 118 cm³/mol. The van der Waals surface area contributed by atoms with Crippen LogP contribution in [0.5, 0.6) is 0 Å². The molecule has 0 heterocycles. The Bertz CT molecular complexity index is 573. The van der Waals surface area contributed by atoms with Crippen LogP contribution in [-0.2, 0) is 0 Å². The van der Waals surface area contributed by atoms with Crippen LogP contribution in [0.4, 0.5) is 0 Å². The normalized spacial score (nSPS) is 10.2. The zero-order valence-electron chi connectivity index (χ0n) is 12.7. The standard InChI is InChI=1S/C19H18P.HI.H3P/c1-20(17-11-5-2-6-12-17,18-13-7-3-8-14-18)19-15-9-4-10-16-19;;/h2-16H,1H3;1H;1H3/q+1;;. The van der Waals surface area contributed by atoms with Gasteiger partial charge in [-0.15, -0.1) is 24.0 Å². The zero-order valence-corrected chi connectivity index (χ0v) is 17.4. The third-order valence-corrected chi connectivity index (χ3v) is 7.81. The molecular formula is C19H22IP2+. The maximum atomic E-state index is 2.41. The summed E-state index contributed by atoms with van der Waals surface area (Å²) in [7, 11) is -1.53. The first-order valence-electron chi connectivity index (χ1n) is 6.85. The van der Waals surface area contributed by atoms with E-state index in [4.69, 9.17) is 0 Å². The van der Waals surface area contributed by atoms with Gasteiger partial charge in [-0.25, -0.2) is 0 Å². The average molecular weight is 439 g/mol. The first-order valence-corrected chi connectivity index (χ1v) is 9.09. The average Bonchev–Trinajstić information content (AvgIpc) is 2.56. The maximum Gasteiger partial charge on any atom is 0.109 e. The topological polar surface area (TPSA) is 0 Å². The van der Waals surface area contributed by atoms with Crippen LogP contribution in [0.3, 0.4) is 0 Å². The van der Waals surface area contributed by atoms with Crippen LogP contribution >= 0.6 is 41.1 Å². The Balaban J connectivity index is 0.00000121. The van der Waals surface area contributed by atoms with E-state index >= 15 is 0 Å². The molecule has 3 aromatic carbocycles. The highest BCUT2D eigenvalue weighted by atomic mass is 127. The van der Waals surface area contributed by atoms with Gasteiger partial charge in [-0.2, -0.15) is 9.90 Å². The first-order chi connectivity index (χ1) is 9.82. The summed E-state index contributed by atoms with van der Waals surface area (Å²) in [6.07, 6.45) is 0. The van der Waals surface area contributed by atoms with Gasteiger partial charge in [0.05, 0.1) is 6.66 Å². The zero-order chi connectivity index (χ0) is 13.8. The Morgan fingerprint density at radius 3 is 0.955 bits per heavy atom. The van der Waals surface area contributed by atoms with Crippen LogP contribution < -0.4 is 15.9 Å². The summed E-state index contributed by atoms with van der Waals surface area (Å²) in [6, 6.07) is 32.6. The van der Waals surface area contributed by atoms with Gasteiger partial charge in [0, 0.05) is 0 Å². The Morgan fingerprint density at radius 1 is 0.500 bits per heavy atom. The highest BCUT2D eigenvalue weighted by molar-refractivity contribution is 14.0. The molecule has 3 heteroatoms. The Hall–Kier alpha value is -0.750. The molecule has 0 amide bonds. The van der Waals surface area contributed by atoms with E-state index in [1.807, 2.05) is 0 Å². The number of hydrogen-bond acceptors (Lipinski definition) is 0. The van der Waals surface area contributed by atoms with E-state index < -0.39 is 7.26 Å². The van der Waals surface area contributed by atoms with Gasteiger partial charge in [-0.1, -0.05) is 54.6 Å². The molecule has 22 heavy (non-hydrogen) atoms. The number of halogens is 1. The summed E-state index contributed by atoms with van der Waals surface area (Å²) in [5.41, 5.74) is 0. The van der Waals surface area contributed by atoms with Gasteiger partial charge in [0.25, 0.3) is 0 Å². The molecule has 114 valence electrons. The highest BCUT2D eigenvalue weighted by Gasteiger charge is 2.39. The molecule has 0 aromatic heterocycles. The van der Waals surface area contributed by atoms with E-state index in [0.717, 1.165) is 0 Å². The molecular weight excluding hydrogens is 417 g/mol. The fourth-order valence-corrected chi connectivity index (χ4v) is 5.83. The molecule has 0 aliphatic heterocycles. The summed E-state index contributed by atoms with van der Waals surface area (Å²) in [5.74, 6) is 0. The molecule has 0 aliphatic carbocycles. The van der Waals surface area contributed by atoms with E-state index in [1.165, 1.54) is 15.9 Å². The SMILES string of the molecule is C[P+](c1ccccc1)(c1ccccc1)c1ccccc1.I.P. The molecule has 1 unspecified atom stereocenters. The summed E-state index contributed by atoms with van der Waals surface area (Å²) < 4.78 is 0. The van der Waals surface area contributed by atoms with Gasteiger partial charge in [0.1, 0.15) is 23.2 Å². The summed E-state index contributed by atoms with van der Waals surface area (Å²) in [6.45, 7) is 2.41. The van der Waals surface area contributed by atoms with Gasteiger partial charge < -0.3 is 0 Å². The van der Waals surface area contributed by atoms with Crippen molar-refractivity contribution in [1.29, 1.82) is 0 Å². The van der Waals surface area contributed by atoms with E-state index in [9.17, 15) is 0 Å². The van der Waals surface area contributed by atoms with Crippen molar-refractivity contribution in [3.05, 3.63) is 91.0 Å². The van der Waals surface area contributed by atoms with Crippen LogP contribution in [0, 0.1) is 0 Å². The van der Waals surface area contributed by atoms with Crippen molar-refractivity contribution in [3.8, 4) is 0 Å². The maximum absolute atomic E-state index is 2.41. The fraction of sp³-hybridized carbons (Fsp3) is 0.0526.